The highest BCUT2D eigenvalue weighted by molar-refractivity contribution is 6.06. The van der Waals surface area contributed by atoms with Crippen LogP contribution in [-0.2, 0) is 0 Å². The van der Waals surface area contributed by atoms with Crippen molar-refractivity contribution < 1.29 is 9.47 Å². The van der Waals surface area contributed by atoms with Crippen molar-refractivity contribution in [3.63, 3.8) is 0 Å². The average Bonchev–Trinajstić information content (AvgIpc) is 2.68. The van der Waals surface area contributed by atoms with Gasteiger partial charge in [0.25, 0.3) is 0 Å². The van der Waals surface area contributed by atoms with Gasteiger partial charge in [0.2, 0.25) is 0 Å². The van der Waals surface area contributed by atoms with Crippen LogP contribution >= 0.6 is 0 Å². The highest BCUT2D eigenvalue weighted by Crippen LogP contribution is 2.48. The van der Waals surface area contributed by atoms with Crippen molar-refractivity contribution in [3.05, 3.63) is 42.7 Å². The minimum Gasteiger partial charge on any atom is -0.493 e. The summed E-state index contributed by atoms with van der Waals surface area (Å²) in [5.41, 5.74) is 2.79. The largest absolute Gasteiger partial charge is 0.493 e. The van der Waals surface area contributed by atoms with Crippen LogP contribution in [0.2, 0.25) is 0 Å². The summed E-state index contributed by atoms with van der Waals surface area (Å²) in [7, 11) is 3.28. The number of rotatable bonds is 4. The lowest BCUT2D eigenvalue weighted by Crippen LogP contribution is -2.40. The van der Waals surface area contributed by atoms with Crippen LogP contribution in [0.4, 0.5) is 17.2 Å². The maximum Gasteiger partial charge on any atom is 0.184 e. The van der Waals surface area contributed by atoms with Crippen molar-refractivity contribution in [2.24, 2.45) is 0 Å². The van der Waals surface area contributed by atoms with Gasteiger partial charge >= 0.3 is 0 Å². The highest BCUT2D eigenvalue weighted by Gasteiger charge is 2.32. The quantitative estimate of drug-likeness (QED) is 0.778. The maximum absolute atomic E-state index is 5.63. The Balaban J connectivity index is 2.03. The van der Waals surface area contributed by atoms with E-state index in [1.54, 1.807) is 20.5 Å². The van der Waals surface area contributed by atoms with Gasteiger partial charge < -0.3 is 19.7 Å². The van der Waals surface area contributed by atoms with Crippen LogP contribution in [0.25, 0.3) is 10.9 Å². The van der Waals surface area contributed by atoms with Crippen molar-refractivity contribution in [2.75, 3.05) is 24.4 Å². The molecule has 0 aliphatic carbocycles. The second-order valence-electron chi connectivity index (χ2n) is 5.85. The number of ether oxygens (including phenoxy) is 2. The molecule has 6 nitrogen and oxygen atoms in total. The van der Waals surface area contributed by atoms with Crippen LogP contribution < -0.4 is 19.7 Å². The molecule has 6 heteroatoms. The van der Waals surface area contributed by atoms with E-state index in [2.05, 4.69) is 39.2 Å². The molecular formula is C19H20N4O2. The van der Waals surface area contributed by atoms with Gasteiger partial charge in [-0.25, -0.2) is 9.97 Å². The smallest absolute Gasteiger partial charge is 0.184 e. The third-order valence-corrected chi connectivity index (χ3v) is 4.52. The molecule has 0 fully saturated rings. The summed E-state index contributed by atoms with van der Waals surface area (Å²) in [6, 6.07) is 12.1. The SMILES string of the molecule is CCC1Nc2c(OC)c(OC)cc3ncnc(c23)N1c1ccccc1. The first-order chi connectivity index (χ1) is 12.3. The molecular weight excluding hydrogens is 316 g/mol. The first-order valence-electron chi connectivity index (χ1n) is 8.29. The Morgan fingerprint density at radius 1 is 1.12 bits per heavy atom. The lowest BCUT2D eigenvalue weighted by Gasteiger charge is -2.38. The third-order valence-electron chi connectivity index (χ3n) is 4.52. The van der Waals surface area contributed by atoms with Gasteiger partial charge in [-0.3, -0.25) is 0 Å². The lowest BCUT2D eigenvalue weighted by atomic mass is 10.1. The average molecular weight is 336 g/mol. The number of hydrogen-bond donors (Lipinski definition) is 1. The molecule has 1 aliphatic heterocycles. The number of anilines is 3. The van der Waals surface area contributed by atoms with Gasteiger partial charge in [-0.15, -0.1) is 0 Å². The van der Waals surface area contributed by atoms with E-state index in [4.69, 9.17) is 9.47 Å². The van der Waals surface area contributed by atoms with E-state index in [0.29, 0.717) is 11.5 Å². The Bertz CT molecular complexity index is 914. The minimum atomic E-state index is 0.0500. The predicted octanol–water partition coefficient (Wildman–Crippen LogP) is 3.95. The van der Waals surface area contributed by atoms with E-state index in [1.165, 1.54) is 0 Å². The Hall–Kier alpha value is -3.02. The lowest BCUT2D eigenvalue weighted by molar-refractivity contribution is 0.356. The molecule has 3 aromatic rings. The predicted molar refractivity (Wildman–Crippen MR) is 98.9 cm³/mol. The van der Waals surface area contributed by atoms with Crippen molar-refractivity contribution in [1.82, 2.24) is 9.97 Å². The normalized spacial score (nSPS) is 15.8. The summed E-state index contributed by atoms with van der Waals surface area (Å²) in [6.07, 6.45) is 2.54. The molecule has 0 saturated heterocycles. The van der Waals surface area contributed by atoms with Crippen LogP contribution in [0.1, 0.15) is 13.3 Å². The molecule has 2 aromatic carbocycles. The summed E-state index contributed by atoms with van der Waals surface area (Å²) in [5, 5.41) is 4.53. The van der Waals surface area contributed by atoms with E-state index >= 15 is 0 Å². The van der Waals surface area contributed by atoms with Crippen LogP contribution in [0, 0.1) is 0 Å². The van der Waals surface area contributed by atoms with E-state index in [1.807, 2.05) is 24.3 Å². The molecule has 4 rings (SSSR count). The fraction of sp³-hybridized carbons (Fsp3) is 0.263. The fourth-order valence-corrected chi connectivity index (χ4v) is 3.39. The molecule has 0 amide bonds. The summed E-state index contributed by atoms with van der Waals surface area (Å²) >= 11 is 0. The first-order valence-corrected chi connectivity index (χ1v) is 8.29. The molecule has 2 heterocycles. The van der Waals surface area contributed by atoms with Gasteiger partial charge in [-0.05, 0) is 18.6 Å². The van der Waals surface area contributed by atoms with E-state index in [9.17, 15) is 0 Å². The molecule has 0 bridgehead atoms. The zero-order valence-electron chi connectivity index (χ0n) is 14.5. The molecule has 0 spiro atoms. The summed E-state index contributed by atoms with van der Waals surface area (Å²) in [5.74, 6) is 2.21. The zero-order valence-corrected chi connectivity index (χ0v) is 14.5. The Labute approximate surface area is 146 Å². The number of benzene rings is 2. The molecule has 0 saturated carbocycles. The van der Waals surface area contributed by atoms with Gasteiger partial charge in [-0.1, -0.05) is 25.1 Å². The molecule has 128 valence electrons. The van der Waals surface area contributed by atoms with Crippen LogP contribution in [0.3, 0.4) is 0 Å². The van der Waals surface area contributed by atoms with Crippen LogP contribution in [0.5, 0.6) is 11.5 Å². The van der Waals surface area contributed by atoms with Gasteiger partial charge in [-0.2, -0.15) is 0 Å². The van der Waals surface area contributed by atoms with Crippen LogP contribution in [-0.4, -0.2) is 30.4 Å². The summed E-state index contributed by atoms with van der Waals surface area (Å²) in [6.45, 7) is 2.14. The highest BCUT2D eigenvalue weighted by atomic mass is 16.5. The molecule has 25 heavy (non-hydrogen) atoms. The van der Waals surface area contributed by atoms with Gasteiger partial charge in [0.1, 0.15) is 18.3 Å². The number of hydrogen-bond acceptors (Lipinski definition) is 6. The van der Waals surface area contributed by atoms with Crippen molar-refractivity contribution in [2.45, 2.75) is 19.5 Å². The topological polar surface area (TPSA) is 59.5 Å². The Kier molecular flexibility index (Phi) is 3.80. The molecule has 1 aromatic heterocycles. The number of nitrogens with one attached hydrogen (secondary N) is 1. The van der Waals surface area contributed by atoms with Crippen molar-refractivity contribution in [1.29, 1.82) is 0 Å². The summed E-state index contributed by atoms with van der Waals surface area (Å²) in [4.78, 5) is 11.2. The number of methoxy groups -OCH3 is 2. The van der Waals surface area contributed by atoms with E-state index < -0.39 is 0 Å². The first kappa shape index (κ1) is 15.5. The third kappa shape index (κ3) is 2.33. The molecule has 1 aliphatic rings. The number of nitrogens with zero attached hydrogens (tertiary/aromatic N) is 3. The molecule has 1 atom stereocenters. The Morgan fingerprint density at radius 2 is 1.92 bits per heavy atom. The zero-order chi connectivity index (χ0) is 17.4. The van der Waals surface area contributed by atoms with Crippen molar-refractivity contribution in [3.8, 4) is 11.5 Å². The monoisotopic (exact) mass is 336 g/mol. The van der Waals surface area contributed by atoms with Gasteiger partial charge in [0.05, 0.1) is 30.8 Å². The number of para-hydroxylation sites is 1. The van der Waals surface area contributed by atoms with E-state index in [0.717, 1.165) is 34.5 Å². The fourth-order valence-electron chi connectivity index (χ4n) is 3.39. The second kappa shape index (κ2) is 6.12. The molecule has 0 radical (unpaired) electrons. The summed E-state index contributed by atoms with van der Waals surface area (Å²) < 4.78 is 11.1. The maximum atomic E-state index is 5.63. The minimum absolute atomic E-state index is 0.0500. The standard InChI is InChI=1S/C19H20N4O2/c1-4-15-22-17-16-13(10-14(24-2)18(17)25-3)20-11-21-19(16)23(15)12-8-6-5-7-9-12/h5-11,15,22H,4H2,1-3H3. The van der Waals surface area contributed by atoms with Gasteiger partial charge in [0.15, 0.2) is 11.5 Å². The molecule has 1 N–H and O–H groups in total. The second-order valence-corrected chi connectivity index (χ2v) is 5.85. The number of aromatic nitrogens is 2. The molecule has 1 unspecified atom stereocenters. The Morgan fingerprint density at radius 3 is 2.60 bits per heavy atom. The van der Waals surface area contributed by atoms with Gasteiger partial charge in [0, 0.05) is 11.8 Å². The van der Waals surface area contributed by atoms with Crippen LogP contribution in [0.15, 0.2) is 42.7 Å². The van der Waals surface area contributed by atoms with E-state index in [-0.39, 0.29) is 6.17 Å². The van der Waals surface area contributed by atoms with Crippen molar-refractivity contribution >= 4 is 28.1 Å².